The summed E-state index contributed by atoms with van der Waals surface area (Å²) in [7, 11) is 1.51. The van der Waals surface area contributed by atoms with Gasteiger partial charge >= 0.3 is 5.97 Å². The molecule has 1 atom stereocenters. The van der Waals surface area contributed by atoms with Crippen LogP contribution in [0.3, 0.4) is 0 Å². The molecule has 0 fully saturated rings. The Morgan fingerprint density at radius 2 is 1.89 bits per heavy atom. The van der Waals surface area contributed by atoms with Crippen molar-refractivity contribution in [1.82, 2.24) is 0 Å². The van der Waals surface area contributed by atoms with Crippen molar-refractivity contribution in [2.24, 2.45) is 0 Å². The highest BCUT2D eigenvalue weighted by atomic mass is 35.5. The standard InChI is InChI=1S/C21H20ClNO5/c1-11-5-7-18(26-4)16(9-11)23-20(24)13(3)27-21(25)19-12(2)15-10-14(22)6-8-17(15)28-19/h5-10,13H,1-4H3,(H,23,24)/t13-/m1/s1. The van der Waals surface area contributed by atoms with Gasteiger partial charge < -0.3 is 19.2 Å². The third-order valence-electron chi connectivity index (χ3n) is 4.35. The molecule has 0 aliphatic carbocycles. The van der Waals surface area contributed by atoms with E-state index in [0.717, 1.165) is 10.9 Å². The molecule has 3 aromatic rings. The second-order valence-corrected chi connectivity index (χ2v) is 6.87. The molecule has 28 heavy (non-hydrogen) atoms. The van der Waals surface area contributed by atoms with Crippen LogP contribution in [0.1, 0.15) is 28.6 Å². The van der Waals surface area contributed by atoms with Gasteiger partial charge in [-0.1, -0.05) is 17.7 Å². The van der Waals surface area contributed by atoms with Crippen LogP contribution in [-0.2, 0) is 9.53 Å². The SMILES string of the molecule is COc1ccc(C)cc1NC(=O)[C@@H](C)OC(=O)c1oc2ccc(Cl)cc2c1C. The minimum atomic E-state index is -1.03. The summed E-state index contributed by atoms with van der Waals surface area (Å²) in [5.74, 6) is -0.634. The minimum absolute atomic E-state index is 0.0463. The van der Waals surface area contributed by atoms with Gasteiger partial charge in [-0.2, -0.15) is 0 Å². The first-order valence-electron chi connectivity index (χ1n) is 8.65. The Hall–Kier alpha value is -2.99. The van der Waals surface area contributed by atoms with Crippen molar-refractivity contribution in [3.63, 3.8) is 0 Å². The monoisotopic (exact) mass is 401 g/mol. The second-order valence-electron chi connectivity index (χ2n) is 6.44. The van der Waals surface area contributed by atoms with E-state index in [4.69, 9.17) is 25.5 Å². The Kier molecular flexibility index (Phi) is 5.61. The molecule has 6 nitrogen and oxygen atoms in total. The molecular formula is C21H20ClNO5. The van der Waals surface area contributed by atoms with Crippen LogP contribution >= 0.6 is 11.6 Å². The van der Waals surface area contributed by atoms with Gasteiger partial charge in [0.25, 0.3) is 5.91 Å². The van der Waals surface area contributed by atoms with Gasteiger partial charge in [-0.15, -0.1) is 0 Å². The number of halogens is 1. The third-order valence-corrected chi connectivity index (χ3v) is 4.58. The minimum Gasteiger partial charge on any atom is -0.495 e. The lowest BCUT2D eigenvalue weighted by Crippen LogP contribution is -2.30. The average Bonchev–Trinajstić information content (AvgIpc) is 2.98. The lowest BCUT2D eigenvalue weighted by molar-refractivity contribution is -0.123. The Morgan fingerprint density at radius 3 is 2.61 bits per heavy atom. The number of benzene rings is 2. The summed E-state index contributed by atoms with van der Waals surface area (Å²) < 4.78 is 16.1. The van der Waals surface area contributed by atoms with Crippen LogP contribution in [0.2, 0.25) is 5.02 Å². The van der Waals surface area contributed by atoms with E-state index in [0.29, 0.717) is 27.6 Å². The number of esters is 1. The Bertz CT molecular complexity index is 1060. The Morgan fingerprint density at radius 1 is 1.14 bits per heavy atom. The zero-order valence-electron chi connectivity index (χ0n) is 16.0. The summed E-state index contributed by atoms with van der Waals surface area (Å²) in [6.45, 7) is 5.13. The lowest BCUT2D eigenvalue weighted by atomic mass is 10.1. The van der Waals surface area contributed by atoms with E-state index < -0.39 is 18.0 Å². The molecule has 0 unspecified atom stereocenters. The number of ether oxygens (including phenoxy) is 2. The zero-order chi connectivity index (χ0) is 20.4. The maximum absolute atomic E-state index is 12.5. The van der Waals surface area contributed by atoms with Crippen molar-refractivity contribution in [3.05, 3.63) is 58.3 Å². The molecule has 3 rings (SSSR count). The summed E-state index contributed by atoms with van der Waals surface area (Å²) in [5, 5.41) is 3.98. The van der Waals surface area contributed by atoms with E-state index in [9.17, 15) is 9.59 Å². The van der Waals surface area contributed by atoms with Crippen molar-refractivity contribution in [3.8, 4) is 5.75 Å². The molecular weight excluding hydrogens is 382 g/mol. The highest BCUT2D eigenvalue weighted by Crippen LogP contribution is 2.29. The fourth-order valence-corrected chi connectivity index (χ4v) is 2.98. The fourth-order valence-electron chi connectivity index (χ4n) is 2.81. The summed E-state index contributed by atoms with van der Waals surface area (Å²) >= 11 is 6.00. The topological polar surface area (TPSA) is 77.8 Å². The van der Waals surface area contributed by atoms with Gasteiger partial charge in [-0.05, 0) is 56.7 Å². The van der Waals surface area contributed by atoms with Crippen LogP contribution in [0.25, 0.3) is 11.0 Å². The predicted molar refractivity (Wildman–Crippen MR) is 107 cm³/mol. The van der Waals surface area contributed by atoms with E-state index in [1.165, 1.54) is 14.0 Å². The number of hydrogen-bond donors (Lipinski definition) is 1. The van der Waals surface area contributed by atoms with Crippen molar-refractivity contribution >= 4 is 40.1 Å². The van der Waals surface area contributed by atoms with Crippen molar-refractivity contribution in [1.29, 1.82) is 0 Å². The number of anilines is 1. The van der Waals surface area contributed by atoms with Gasteiger partial charge in [0.15, 0.2) is 6.10 Å². The highest BCUT2D eigenvalue weighted by molar-refractivity contribution is 6.31. The first-order chi connectivity index (χ1) is 13.3. The second kappa shape index (κ2) is 7.94. The molecule has 0 bridgehead atoms. The van der Waals surface area contributed by atoms with Crippen LogP contribution in [0.5, 0.6) is 5.75 Å². The van der Waals surface area contributed by atoms with Crippen LogP contribution in [0.15, 0.2) is 40.8 Å². The molecule has 0 aliphatic heterocycles. The summed E-state index contributed by atoms with van der Waals surface area (Å²) in [6.07, 6.45) is -1.03. The zero-order valence-corrected chi connectivity index (χ0v) is 16.7. The van der Waals surface area contributed by atoms with Crippen LogP contribution in [0, 0.1) is 13.8 Å². The number of fused-ring (bicyclic) bond motifs is 1. The molecule has 1 N–H and O–H groups in total. The Balaban J connectivity index is 1.75. The number of hydrogen-bond acceptors (Lipinski definition) is 5. The van der Waals surface area contributed by atoms with Crippen LogP contribution in [0.4, 0.5) is 5.69 Å². The third kappa shape index (κ3) is 3.97. The summed E-state index contributed by atoms with van der Waals surface area (Å²) in [6, 6.07) is 10.5. The number of carbonyl (C=O) groups is 2. The van der Waals surface area contributed by atoms with Crippen molar-refractivity contribution in [2.75, 3.05) is 12.4 Å². The molecule has 2 aromatic carbocycles. The first-order valence-corrected chi connectivity index (χ1v) is 9.03. The molecule has 0 saturated carbocycles. The number of furan rings is 1. The maximum atomic E-state index is 12.5. The van der Waals surface area contributed by atoms with Crippen molar-refractivity contribution in [2.45, 2.75) is 26.9 Å². The number of nitrogens with one attached hydrogen (secondary N) is 1. The molecule has 1 amide bonds. The van der Waals surface area contributed by atoms with Gasteiger partial charge in [0, 0.05) is 16.0 Å². The van der Waals surface area contributed by atoms with Gasteiger partial charge in [0.2, 0.25) is 5.76 Å². The van der Waals surface area contributed by atoms with E-state index in [-0.39, 0.29) is 5.76 Å². The molecule has 1 heterocycles. The summed E-state index contributed by atoms with van der Waals surface area (Å²) in [4.78, 5) is 25.0. The predicted octanol–water partition coefficient (Wildman–Crippen LogP) is 4.90. The van der Waals surface area contributed by atoms with Crippen molar-refractivity contribution < 1.29 is 23.5 Å². The largest absolute Gasteiger partial charge is 0.495 e. The lowest BCUT2D eigenvalue weighted by Gasteiger charge is -2.15. The number of aryl methyl sites for hydroxylation is 2. The highest BCUT2D eigenvalue weighted by Gasteiger charge is 2.25. The van der Waals surface area contributed by atoms with Crippen LogP contribution < -0.4 is 10.1 Å². The Labute approximate surface area is 167 Å². The molecule has 7 heteroatoms. The first kappa shape index (κ1) is 19.8. The molecule has 0 radical (unpaired) electrons. The fraction of sp³-hybridized carbons (Fsp3) is 0.238. The van der Waals surface area contributed by atoms with E-state index in [1.54, 1.807) is 37.3 Å². The summed E-state index contributed by atoms with van der Waals surface area (Å²) in [5.41, 5.74) is 2.59. The quantitative estimate of drug-likeness (QED) is 0.615. The normalized spacial score (nSPS) is 11.9. The molecule has 1 aromatic heterocycles. The van der Waals surface area contributed by atoms with E-state index in [2.05, 4.69) is 5.32 Å². The molecule has 146 valence electrons. The smallest absolute Gasteiger partial charge is 0.375 e. The van der Waals surface area contributed by atoms with Gasteiger partial charge in [0.05, 0.1) is 12.8 Å². The molecule has 0 saturated heterocycles. The number of amides is 1. The number of methoxy groups -OCH3 is 1. The van der Waals surface area contributed by atoms with E-state index in [1.807, 2.05) is 13.0 Å². The number of carbonyl (C=O) groups excluding carboxylic acids is 2. The number of rotatable bonds is 5. The van der Waals surface area contributed by atoms with Gasteiger partial charge in [0.1, 0.15) is 11.3 Å². The van der Waals surface area contributed by atoms with Gasteiger partial charge in [-0.3, -0.25) is 4.79 Å². The van der Waals surface area contributed by atoms with Crippen LogP contribution in [-0.4, -0.2) is 25.1 Å². The molecule has 0 spiro atoms. The maximum Gasteiger partial charge on any atom is 0.375 e. The van der Waals surface area contributed by atoms with E-state index >= 15 is 0 Å². The molecule has 0 aliphatic rings. The average molecular weight is 402 g/mol. The van der Waals surface area contributed by atoms with Gasteiger partial charge in [-0.25, -0.2) is 4.79 Å².